The monoisotopic (exact) mass is 519 g/mol. The van der Waals surface area contributed by atoms with Gasteiger partial charge < -0.3 is 39.0 Å². The van der Waals surface area contributed by atoms with Crippen molar-refractivity contribution in [3.8, 4) is 11.5 Å². The number of phenolic OH excluding ortho intramolecular Hbond substituents is 1. The molecule has 5 atom stereocenters. The molecular formula is C27H37NO9. The van der Waals surface area contributed by atoms with E-state index in [0.29, 0.717) is 51.6 Å². The number of aliphatic hydroxyl groups is 1. The number of carbonyl (C=O) groups is 1. The summed E-state index contributed by atoms with van der Waals surface area (Å²) in [6.07, 6.45) is 4.00. The number of nitrogens with zero attached hydrogens (tertiary/aromatic N) is 1. The molecule has 1 aromatic carbocycles. The summed E-state index contributed by atoms with van der Waals surface area (Å²) in [5, 5.41) is 31.5. The van der Waals surface area contributed by atoms with E-state index >= 15 is 0 Å². The lowest BCUT2D eigenvalue weighted by Crippen LogP contribution is -2.77. The first-order chi connectivity index (χ1) is 17.9. The fraction of sp³-hybridized carbons (Fsp3) is 0.667. The molecule has 2 heterocycles. The lowest BCUT2D eigenvalue weighted by molar-refractivity contribution is -0.215. The smallest absolute Gasteiger partial charge is 0.329 e. The molecule has 2 aliphatic carbocycles. The predicted octanol–water partition coefficient (Wildman–Crippen LogP) is 1.25. The number of carboxylic acid groups (broad SMARTS) is 1. The summed E-state index contributed by atoms with van der Waals surface area (Å²) in [5.41, 5.74) is 0.532. The first-order valence-corrected chi connectivity index (χ1v) is 13.1. The molecule has 2 fully saturated rings. The Kier molecular flexibility index (Phi) is 7.76. The topological polar surface area (TPSA) is 127 Å². The molecule has 1 aromatic rings. The molecule has 10 heteroatoms. The Morgan fingerprint density at radius 2 is 1.86 bits per heavy atom. The van der Waals surface area contributed by atoms with Gasteiger partial charge in [0.2, 0.25) is 0 Å². The highest BCUT2D eigenvalue weighted by Gasteiger charge is 2.73. The van der Waals surface area contributed by atoms with E-state index in [-0.39, 0.29) is 37.2 Å². The average molecular weight is 520 g/mol. The molecule has 4 aliphatic rings. The van der Waals surface area contributed by atoms with E-state index in [1.54, 1.807) is 6.07 Å². The van der Waals surface area contributed by atoms with Crippen molar-refractivity contribution in [2.45, 2.75) is 54.9 Å². The quantitative estimate of drug-likeness (QED) is 0.244. The van der Waals surface area contributed by atoms with Gasteiger partial charge in [-0.1, -0.05) is 12.1 Å². The van der Waals surface area contributed by atoms with E-state index in [9.17, 15) is 15.0 Å². The number of aromatic hydroxyl groups is 1. The maximum absolute atomic E-state index is 12.3. The van der Waals surface area contributed by atoms with Crippen LogP contribution in [0.2, 0.25) is 0 Å². The fourth-order valence-electron chi connectivity index (χ4n) is 7.00. The minimum atomic E-state index is -1.00. The third-order valence-electron chi connectivity index (χ3n) is 8.41. The molecule has 2 aliphatic heterocycles. The first kappa shape index (κ1) is 26.4. The molecule has 37 heavy (non-hydrogen) atoms. The zero-order valence-electron chi connectivity index (χ0n) is 21.1. The van der Waals surface area contributed by atoms with Gasteiger partial charge in [0, 0.05) is 18.2 Å². The summed E-state index contributed by atoms with van der Waals surface area (Å²) in [6.45, 7) is 7.19. The number of hydrogen-bond donors (Lipinski definition) is 3. The molecular weight excluding hydrogens is 482 g/mol. The van der Waals surface area contributed by atoms with Gasteiger partial charge in [-0.05, 0) is 43.9 Å². The van der Waals surface area contributed by atoms with Gasteiger partial charge in [0.25, 0.3) is 0 Å². The van der Waals surface area contributed by atoms with Crippen LogP contribution in [0.3, 0.4) is 0 Å². The summed E-state index contributed by atoms with van der Waals surface area (Å²) in [5.74, 6) is -0.378. The summed E-state index contributed by atoms with van der Waals surface area (Å²) in [4.78, 5) is 12.7. The van der Waals surface area contributed by atoms with Crippen LogP contribution in [0.1, 0.15) is 30.4 Å². The molecule has 3 N–H and O–H groups in total. The van der Waals surface area contributed by atoms with Gasteiger partial charge in [0.05, 0.1) is 56.8 Å². The Hall–Kier alpha value is -2.21. The highest BCUT2D eigenvalue weighted by molar-refractivity contribution is 5.68. The summed E-state index contributed by atoms with van der Waals surface area (Å²) < 4.78 is 28.6. The van der Waals surface area contributed by atoms with Gasteiger partial charge in [0.1, 0.15) is 12.7 Å². The highest BCUT2D eigenvalue weighted by atomic mass is 16.6. The summed E-state index contributed by atoms with van der Waals surface area (Å²) >= 11 is 0. The van der Waals surface area contributed by atoms with Crippen molar-refractivity contribution in [1.82, 2.24) is 4.90 Å². The summed E-state index contributed by atoms with van der Waals surface area (Å²) in [7, 11) is 0. The highest BCUT2D eigenvalue weighted by Crippen LogP contribution is 2.65. The van der Waals surface area contributed by atoms with Crippen LogP contribution >= 0.6 is 0 Å². The Morgan fingerprint density at radius 1 is 1.14 bits per heavy atom. The number of piperidine rings is 1. The maximum Gasteiger partial charge on any atom is 0.329 e. The van der Waals surface area contributed by atoms with E-state index in [2.05, 4.69) is 11.5 Å². The zero-order chi connectivity index (χ0) is 26.0. The second-order valence-electron chi connectivity index (χ2n) is 10.3. The van der Waals surface area contributed by atoms with Gasteiger partial charge in [-0.2, -0.15) is 0 Å². The van der Waals surface area contributed by atoms with Crippen LogP contribution in [-0.4, -0.2) is 109 Å². The molecule has 1 saturated carbocycles. The number of aliphatic carboxylic acids is 1. The van der Waals surface area contributed by atoms with Crippen molar-refractivity contribution in [2.75, 3.05) is 59.3 Å². The largest absolute Gasteiger partial charge is 0.504 e. The van der Waals surface area contributed by atoms with Crippen LogP contribution in [0, 0.1) is 0 Å². The third-order valence-corrected chi connectivity index (χ3v) is 8.41. The van der Waals surface area contributed by atoms with Gasteiger partial charge in [0.15, 0.2) is 11.5 Å². The molecule has 0 unspecified atom stereocenters. The molecule has 0 radical (unpaired) electrons. The lowest BCUT2D eigenvalue weighted by atomic mass is 9.48. The lowest BCUT2D eigenvalue weighted by Gasteiger charge is -2.64. The Balaban J connectivity index is 1.19. The second kappa shape index (κ2) is 10.9. The first-order valence-electron chi connectivity index (χ1n) is 13.1. The van der Waals surface area contributed by atoms with Crippen molar-refractivity contribution >= 4 is 5.97 Å². The molecule has 2 bridgehead atoms. The predicted molar refractivity (Wildman–Crippen MR) is 132 cm³/mol. The minimum Gasteiger partial charge on any atom is -0.504 e. The number of rotatable bonds is 14. The maximum atomic E-state index is 12.3. The number of likely N-dealkylation sites (tertiary alicyclic amines) is 1. The van der Waals surface area contributed by atoms with E-state index in [0.717, 1.165) is 37.1 Å². The van der Waals surface area contributed by atoms with Crippen molar-refractivity contribution in [1.29, 1.82) is 0 Å². The molecule has 0 amide bonds. The standard InChI is InChI=1S/C27H37NO9/c1-2-8-28-9-7-26-23-18-3-4-19(29)24(23)37-25(26)20(5-6-27(26,32)21(28)16-18)36-15-14-34-11-10-33-12-13-35-17-22(30)31/h2-4,20-21,25,29,32H,1,5-17H2,(H,30,31)/t20-,21+,25-,26-,27+/m0/s1. The van der Waals surface area contributed by atoms with Crippen molar-refractivity contribution in [3.05, 3.63) is 35.9 Å². The molecule has 5 rings (SSSR count). The minimum absolute atomic E-state index is 0.0350. The molecule has 1 saturated heterocycles. The van der Waals surface area contributed by atoms with E-state index in [1.807, 2.05) is 12.1 Å². The van der Waals surface area contributed by atoms with Crippen LogP contribution in [0.5, 0.6) is 11.5 Å². The van der Waals surface area contributed by atoms with Crippen LogP contribution in [-0.2, 0) is 35.6 Å². The van der Waals surface area contributed by atoms with Crippen molar-refractivity contribution in [2.24, 2.45) is 0 Å². The second-order valence-corrected chi connectivity index (χ2v) is 10.3. The van der Waals surface area contributed by atoms with Crippen molar-refractivity contribution in [3.63, 3.8) is 0 Å². The zero-order valence-corrected chi connectivity index (χ0v) is 21.1. The van der Waals surface area contributed by atoms with E-state index < -0.39 is 17.0 Å². The number of hydrogen-bond acceptors (Lipinski definition) is 9. The molecule has 204 valence electrons. The summed E-state index contributed by atoms with van der Waals surface area (Å²) in [6, 6.07) is 3.64. The number of carboxylic acids is 1. The Morgan fingerprint density at radius 3 is 2.59 bits per heavy atom. The number of ether oxygens (including phenoxy) is 5. The average Bonchev–Trinajstić information content (AvgIpc) is 3.22. The number of benzene rings is 1. The van der Waals surface area contributed by atoms with Crippen LogP contribution in [0.4, 0.5) is 0 Å². The van der Waals surface area contributed by atoms with E-state index in [1.165, 1.54) is 0 Å². The molecule has 0 aromatic heterocycles. The number of phenols is 1. The van der Waals surface area contributed by atoms with Gasteiger partial charge in [-0.25, -0.2) is 4.79 Å². The molecule has 1 spiro atoms. The normalized spacial score (nSPS) is 31.5. The molecule has 10 nitrogen and oxygen atoms in total. The fourth-order valence-corrected chi connectivity index (χ4v) is 7.00. The Labute approximate surface area is 216 Å². The van der Waals surface area contributed by atoms with Gasteiger partial charge in [-0.3, -0.25) is 4.90 Å². The van der Waals surface area contributed by atoms with Gasteiger partial charge in [-0.15, -0.1) is 6.58 Å². The SMILES string of the molecule is C=CCN1CC[C@]23c4c5ccc(O)c4O[C@H]2[C@@H](OCCOCCOCCOCC(=O)O)CC[C@@]3(O)[C@H]1C5. The van der Waals surface area contributed by atoms with Crippen molar-refractivity contribution < 1.29 is 43.8 Å². The Bertz CT molecular complexity index is 1000. The third kappa shape index (κ3) is 4.53. The van der Waals surface area contributed by atoms with E-state index in [4.69, 9.17) is 28.8 Å². The van der Waals surface area contributed by atoms with Crippen LogP contribution < -0.4 is 4.74 Å². The van der Waals surface area contributed by atoms with Crippen LogP contribution in [0.25, 0.3) is 0 Å². The van der Waals surface area contributed by atoms with Gasteiger partial charge >= 0.3 is 5.97 Å². The van der Waals surface area contributed by atoms with Crippen LogP contribution in [0.15, 0.2) is 24.8 Å².